The van der Waals surface area contributed by atoms with Crippen molar-refractivity contribution in [1.82, 2.24) is 29.7 Å². The maximum atomic E-state index is 13.0. The molecule has 3 heterocycles. The fourth-order valence-electron chi connectivity index (χ4n) is 3.83. The monoisotopic (exact) mass is 572 g/mol. The predicted molar refractivity (Wildman–Crippen MR) is 130 cm³/mol. The number of halogens is 5. The van der Waals surface area contributed by atoms with Gasteiger partial charge >= 0.3 is 12.8 Å². The number of fused-ring (bicyclic) bond motifs is 1. The number of ether oxygens (including phenoxy) is 1. The lowest BCUT2D eigenvalue weighted by Gasteiger charge is -2.18. The zero-order valence-electron chi connectivity index (χ0n) is 20.3. The lowest BCUT2D eigenvalue weighted by Crippen LogP contribution is -2.22. The minimum atomic E-state index is -4.59. The molecule has 39 heavy (non-hydrogen) atoms. The third kappa shape index (κ3) is 6.65. The van der Waals surface area contributed by atoms with Crippen molar-refractivity contribution in [2.75, 3.05) is 23.9 Å². The summed E-state index contributed by atoms with van der Waals surface area (Å²) >= 11 is 0. The van der Waals surface area contributed by atoms with E-state index in [9.17, 15) is 30.4 Å². The zero-order chi connectivity index (χ0) is 28.5. The van der Waals surface area contributed by atoms with Gasteiger partial charge in [-0.3, -0.25) is 4.68 Å². The first-order valence-electron chi connectivity index (χ1n) is 11.1. The van der Waals surface area contributed by atoms with Crippen LogP contribution in [0.3, 0.4) is 0 Å². The maximum absolute atomic E-state index is 13.0. The number of anilines is 2. The highest BCUT2D eigenvalue weighted by atomic mass is 32.2. The number of nitrogens with zero attached hydrogens (tertiary/aromatic N) is 6. The van der Waals surface area contributed by atoms with Crippen LogP contribution in [0.1, 0.15) is 18.4 Å². The van der Waals surface area contributed by atoms with Gasteiger partial charge in [0.1, 0.15) is 40.9 Å². The van der Waals surface area contributed by atoms with Crippen LogP contribution in [0.5, 0.6) is 5.75 Å². The lowest BCUT2D eigenvalue weighted by atomic mass is 9.97. The van der Waals surface area contributed by atoms with Crippen molar-refractivity contribution in [1.29, 1.82) is 0 Å². The van der Waals surface area contributed by atoms with Crippen molar-refractivity contribution in [3.05, 3.63) is 42.5 Å². The fourth-order valence-corrected chi connectivity index (χ4v) is 4.66. The highest BCUT2D eigenvalue weighted by molar-refractivity contribution is 7.90. The number of hydrogen-bond acceptors (Lipinski definition) is 10. The molecular formula is C22H21F5N8O3S. The van der Waals surface area contributed by atoms with Crippen molar-refractivity contribution in [2.24, 2.45) is 0 Å². The van der Waals surface area contributed by atoms with Gasteiger partial charge in [-0.15, -0.1) is 0 Å². The van der Waals surface area contributed by atoms with Crippen molar-refractivity contribution < 1.29 is 35.1 Å². The van der Waals surface area contributed by atoms with Gasteiger partial charge in [0.2, 0.25) is 5.95 Å². The van der Waals surface area contributed by atoms with E-state index in [2.05, 4.69) is 35.1 Å². The summed E-state index contributed by atoms with van der Waals surface area (Å²) in [5.74, 6) is -1.55. The molecule has 0 unspecified atom stereocenters. The number of nitrogen functional groups attached to an aromatic ring is 1. The molecule has 0 spiro atoms. The van der Waals surface area contributed by atoms with Crippen LogP contribution in [0, 0.1) is 0 Å². The summed E-state index contributed by atoms with van der Waals surface area (Å²) in [5.41, 5.74) is 6.63. The van der Waals surface area contributed by atoms with Crippen LogP contribution >= 0.6 is 0 Å². The van der Waals surface area contributed by atoms with Gasteiger partial charge in [-0.1, -0.05) is 6.92 Å². The van der Waals surface area contributed by atoms with Gasteiger partial charge in [0.05, 0.1) is 5.69 Å². The van der Waals surface area contributed by atoms with E-state index in [1.165, 1.54) is 23.4 Å². The quantitative estimate of drug-likeness (QED) is 0.285. The van der Waals surface area contributed by atoms with E-state index in [1.807, 2.05) is 0 Å². The van der Waals surface area contributed by atoms with Gasteiger partial charge in [-0.25, -0.2) is 23.4 Å². The second-order valence-corrected chi connectivity index (χ2v) is 10.5. The summed E-state index contributed by atoms with van der Waals surface area (Å²) in [6.07, 6.45) is -0.962. The number of aromatic nitrogens is 6. The van der Waals surface area contributed by atoms with Crippen LogP contribution in [0.2, 0.25) is 0 Å². The SMILES string of the molecule is C[C@@H](Cn1cncn1)c1cc(-c2ccc(OC(F)F)c(S(C)(=O)=O)c2)nc2c(NCC(F)(F)F)nc(N)nc12. The number of hydrogen-bond donors (Lipinski definition) is 2. The van der Waals surface area contributed by atoms with E-state index < -0.39 is 39.8 Å². The number of nitrogens with one attached hydrogen (secondary N) is 1. The van der Waals surface area contributed by atoms with Gasteiger partial charge in [0.25, 0.3) is 0 Å². The Balaban J connectivity index is 1.94. The molecule has 4 rings (SSSR count). The molecule has 1 atom stereocenters. The van der Waals surface area contributed by atoms with Gasteiger partial charge < -0.3 is 15.8 Å². The molecule has 0 saturated heterocycles. The standard InChI is InChI=1S/C22H21F5N8O3S/c1-11(7-35-10-29-9-31-35)13-6-14(12-3-4-15(38-20(23)24)16(5-12)39(2,36)37)32-18-17(13)33-21(28)34-19(18)30-8-22(25,26)27/h3-6,9-11,20H,7-8H2,1-2H3,(H3,28,30,33,34)/t11-/m0/s1. The predicted octanol–water partition coefficient (Wildman–Crippen LogP) is 3.65. The first-order chi connectivity index (χ1) is 18.2. The number of benzene rings is 1. The number of sulfone groups is 1. The van der Waals surface area contributed by atoms with E-state index in [0.717, 1.165) is 18.4 Å². The van der Waals surface area contributed by atoms with Crippen LogP contribution in [0.15, 0.2) is 41.8 Å². The number of alkyl halides is 5. The van der Waals surface area contributed by atoms with Crippen LogP contribution in [-0.2, 0) is 16.4 Å². The van der Waals surface area contributed by atoms with E-state index in [1.54, 1.807) is 13.0 Å². The lowest BCUT2D eigenvalue weighted by molar-refractivity contribution is -0.115. The Morgan fingerprint density at radius 2 is 1.87 bits per heavy atom. The molecule has 0 radical (unpaired) electrons. The summed E-state index contributed by atoms with van der Waals surface area (Å²) in [7, 11) is -4.03. The van der Waals surface area contributed by atoms with Crippen molar-refractivity contribution in [3.8, 4) is 17.0 Å². The second kappa shape index (κ2) is 10.5. The summed E-state index contributed by atoms with van der Waals surface area (Å²) in [5, 5.41) is 6.24. The van der Waals surface area contributed by atoms with Crippen molar-refractivity contribution >= 4 is 32.6 Å². The van der Waals surface area contributed by atoms with Gasteiger partial charge in [0, 0.05) is 24.3 Å². The molecule has 0 bridgehead atoms. The Morgan fingerprint density at radius 1 is 1.13 bits per heavy atom. The summed E-state index contributed by atoms with van der Waals surface area (Å²) in [6, 6.07) is 4.99. The minimum absolute atomic E-state index is 0.0693. The van der Waals surface area contributed by atoms with Gasteiger partial charge in [0.15, 0.2) is 15.7 Å². The van der Waals surface area contributed by atoms with Crippen LogP contribution in [0.4, 0.5) is 33.7 Å². The molecule has 0 saturated carbocycles. The molecule has 3 aromatic heterocycles. The highest BCUT2D eigenvalue weighted by Gasteiger charge is 2.28. The molecule has 1 aromatic carbocycles. The van der Waals surface area contributed by atoms with Gasteiger partial charge in [-0.2, -0.15) is 32.0 Å². The number of pyridine rings is 1. The van der Waals surface area contributed by atoms with Crippen LogP contribution in [-0.4, -0.2) is 63.7 Å². The van der Waals surface area contributed by atoms with Gasteiger partial charge in [-0.05, 0) is 29.8 Å². The van der Waals surface area contributed by atoms with E-state index in [0.29, 0.717) is 5.56 Å². The van der Waals surface area contributed by atoms with Crippen molar-refractivity contribution in [2.45, 2.75) is 37.1 Å². The summed E-state index contributed by atoms with van der Waals surface area (Å²) in [4.78, 5) is 15.9. The zero-order valence-corrected chi connectivity index (χ0v) is 21.1. The average Bonchev–Trinajstić information content (AvgIpc) is 3.33. The molecule has 0 fully saturated rings. The minimum Gasteiger partial charge on any atom is -0.433 e. The van der Waals surface area contributed by atoms with Crippen LogP contribution < -0.4 is 15.8 Å². The molecule has 0 amide bonds. The third-order valence-corrected chi connectivity index (χ3v) is 6.59. The second-order valence-electron chi connectivity index (χ2n) is 8.52. The topological polar surface area (TPSA) is 151 Å². The van der Waals surface area contributed by atoms with E-state index in [4.69, 9.17) is 5.73 Å². The Kier molecular flexibility index (Phi) is 7.54. The van der Waals surface area contributed by atoms with E-state index >= 15 is 0 Å². The number of rotatable bonds is 9. The normalized spacial score (nSPS) is 13.1. The Labute approximate surface area is 218 Å². The van der Waals surface area contributed by atoms with Crippen LogP contribution in [0.25, 0.3) is 22.3 Å². The Morgan fingerprint density at radius 3 is 2.49 bits per heavy atom. The summed E-state index contributed by atoms with van der Waals surface area (Å²) in [6.45, 7) is -2.64. The molecule has 17 heteroatoms. The maximum Gasteiger partial charge on any atom is 0.405 e. The molecule has 0 aliphatic rings. The average molecular weight is 573 g/mol. The first-order valence-corrected chi connectivity index (χ1v) is 13.0. The Bertz CT molecular complexity index is 1600. The molecule has 208 valence electrons. The third-order valence-electron chi connectivity index (χ3n) is 5.47. The molecule has 11 nitrogen and oxygen atoms in total. The largest absolute Gasteiger partial charge is 0.433 e. The number of nitrogens with two attached hydrogens (primary N) is 1. The summed E-state index contributed by atoms with van der Waals surface area (Å²) < 4.78 is 95.3. The fraction of sp³-hybridized carbons (Fsp3) is 0.318. The molecular weight excluding hydrogens is 551 g/mol. The van der Waals surface area contributed by atoms with Crippen molar-refractivity contribution in [3.63, 3.8) is 0 Å². The molecule has 0 aliphatic carbocycles. The molecule has 0 aliphatic heterocycles. The smallest absolute Gasteiger partial charge is 0.405 e. The molecule has 3 N–H and O–H groups in total. The Hall–Kier alpha value is -4.15. The highest BCUT2D eigenvalue weighted by Crippen LogP contribution is 2.35. The van der Waals surface area contributed by atoms with E-state index in [-0.39, 0.29) is 46.5 Å². The molecule has 4 aromatic rings. The first kappa shape index (κ1) is 27.9.